The predicted octanol–water partition coefficient (Wildman–Crippen LogP) is 1.73. The monoisotopic (exact) mass is 345 g/mol. The summed E-state index contributed by atoms with van der Waals surface area (Å²) in [6, 6.07) is 5.77. The largest absolute Gasteiger partial charge is 0.491 e. The van der Waals surface area contributed by atoms with Crippen LogP contribution in [0.5, 0.6) is 17.2 Å². The summed E-state index contributed by atoms with van der Waals surface area (Å²) in [5, 5.41) is 14.7. The number of benzene rings is 1. The molecule has 0 unspecified atom stereocenters. The first-order chi connectivity index (χ1) is 12.2. The molecule has 1 saturated heterocycles. The molecule has 0 aliphatic carbocycles. The molecule has 25 heavy (non-hydrogen) atoms. The average molecular weight is 345 g/mol. The van der Waals surface area contributed by atoms with Gasteiger partial charge in [0.25, 0.3) is 0 Å². The molecule has 0 bridgehead atoms. The molecule has 7 nitrogen and oxygen atoms in total. The second-order valence-corrected chi connectivity index (χ2v) is 6.58. The van der Waals surface area contributed by atoms with Gasteiger partial charge in [0.1, 0.15) is 18.5 Å². The molecule has 3 heterocycles. The number of aliphatic hydroxyl groups is 1. The van der Waals surface area contributed by atoms with E-state index >= 15 is 0 Å². The minimum Gasteiger partial charge on any atom is -0.491 e. The van der Waals surface area contributed by atoms with Gasteiger partial charge in [0.2, 0.25) is 6.79 Å². The lowest BCUT2D eigenvalue weighted by atomic mass is 10.1. The molecule has 134 valence electrons. The third kappa shape index (κ3) is 3.57. The highest BCUT2D eigenvalue weighted by atomic mass is 16.7. The molecule has 1 fully saturated rings. The van der Waals surface area contributed by atoms with Gasteiger partial charge in [-0.15, -0.1) is 0 Å². The Balaban J connectivity index is 1.31. The van der Waals surface area contributed by atoms with E-state index in [1.165, 1.54) is 5.56 Å². The summed E-state index contributed by atoms with van der Waals surface area (Å²) in [6.07, 6.45) is 5.65. The number of fused-ring (bicyclic) bond motifs is 1. The van der Waals surface area contributed by atoms with Crippen LogP contribution in [0.15, 0.2) is 30.6 Å². The lowest BCUT2D eigenvalue weighted by Crippen LogP contribution is -2.35. The molecule has 7 heteroatoms. The van der Waals surface area contributed by atoms with Gasteiger partial charge < -0.3 is 19.3 Å². The zero-order chi connectivity index (χ0) is 17.2. The standard InChI is InChI=1S/C18H23N3O4/c1-20-9-13(8-19-20)16-3-2-6-21(16)10-14(22)11-23-15-4-5-17-18(7-15)25-12-24-17/h4-5,7-9,14,16,22H,2-3,6,10-12H2,1H3/t14-,16-/m0/s1. The number of hydrogen-bond donors (Lipinski definition) is 1. The van der Waals surface area contributed by atoms with Crippen LogP contribution in [0, 0.1) is 0 Å². The number of hydrogen-bond acceptors (Lipinski definition) is 6. The molecule has 4 rings (SSSR count). The van der Waals surface area contributed by atoms with Crippen molar-refractivity contribution in [1.82, 2.24) is 14.7 Å². The van der Waals surface area contributed by atoms with E-state index in [0.29, 0.717) is 24.1 Å². The van der Waals surface area contributed by atoms with Crippen molar-refractivity contribution in [2.45, 2.75) is 25.0 Å². The molecule has 2 atom stereocenters. The summed E-state index contributed by atoms with van der Waals surface area (Å²) in [4.78, 5) is 2.31. The number of ether oxygens (including phenoxy) is 3. The number of aliphatic hydroxyl groups excluding tert-OH is 1. The van der Waals surface area contributed by atoms with Crippen molar-refractivity contribution in [3.63, 3.8) is 0 Å². The maximum atomic E-state index is 10.4. The summed E-state index contributed by atoms with van der Waals surface area (Å²) in [5.74, 6) is 2.08. The summed E-state index contributed by atoms with van der Waals surface area (Å²) < 4.78 is 18.2. The Kier molecular flexibility index (Phi) is 4.50. The average Bonchev–Trinajstić information content (AvgIpc) is 3.32. The van der Waals surface area contributed by atoms with E-state index in [9.17, 15) is 5.11 Å². The number of β-amino-alcohol motifs (C(OH)–C–C–N with tert-alkyl or cyclic N) is 1. The Morgan fingerprint density at radius 2 is 2.24 bits per heavy atom. The van der Waals surface area contributed by atoms with Crippen LogP contribution in [0.2, 0.25) is 0 Å². The number of likely N-dealkylation sites (tertiary alicyclic amines) is 1. The van der Waals surface area contributed by atoms with E-state index in [-0.39, 0.29) is 13.4 Å². The summed E-state index contributed by atoms with van der Waals surface area (Å²) in [5.41, 5.74) is 1.21. The first-order valence-corrected chi connectivity index (χ1v) is 8.62. The number of aryl methyl sites for hydroxylation is 1. The molecular formula is C18H23N3O4. The fourth-order valence-corrected chi connectivity index (χ4v) is 3.52. The smallest absolute Gasteiger partial charge is 0.231 e. The lowest BCUT2D eigenvalue weighted by molar-refractivity contribution is 0.0637. The van der Waals surface area contributed by atoms with Gasteiger partial charge in [0, 0.05) is 37.5 Å². The molecule has 2 aromatic rings. The first kappa shape index (κ1) is 16.2. The molecular weight excluding hydrogens is 322 g/mol. The van der Waals surface area contributed by atoms with Crippen LogP contribution >= 0.6 is 0 Å². The fourth-order valence-electron chi connectivity index (χ4n) is 3.52. The third-order valence-corrected chi connectivity index (χ3v) is 4.70. The highest BCUT2D eigenvalue weighted by Gasteiger charge is 2.28. The highest BCUT2D eigenvalue weighted by molar-refractivity contribution is 5.46. The van der Waals surface area contributed by atoms with Crippen molar-refractivity contribution in [3.8, 4) is 17.2 Å². The summed E-state index contributed by atoms with van der Waals surface area (Å²) in [7, 11) is 1.93. The van der Waals surface area contributed by atoms with Crippen molar-refractivity contribution in [1.29, 1.82) is 0 Å². The van der Waals surface area contributed by atoms with Crippen LogP contribution < -0.4 is 14.2 Å². The van der Waals surface area contributed by atoms with Gasteiger partial charge >= 0.3 is 0 Å². The van der Waals surface area contributed by atoms with Crippen molar-refractivity contribution in [2.24, 2.45) is 7.05 Å². The van der Waals surface area contributed by atoms with E-state index in [2.05, 4.69) is 16.2 Å². The molecule has 2 aliphatic heterocycles. The zero-order valence-electron chi connectivity index (χ0n) is 14.3. The zero-order valence-corrected chi connectivity index (χ0v) is 14.3. The van der Waals surface area contributed by atoms with Gasteiger partial charge in [0.15, 0.2) is 11.5 Å². The van der Waals surface area contributed by atoms with Gasteiger partial charge in [-0.1, -0.05) is 0 Å². The molecule has 0 saturated carbocycles. The van der Waals surface area contributed by atoms with Crippen molar-refractivity contribution in [3.05, 3.63) is 36.2 Å². The molecule has 2 aliphatic rings. The van der Waals surface area contributed by atoms with Crippen LogP contribution in [0.1, 0.15) is 24.4 Å². The first-order valence-electron chi connectivity index (χ1n) is 8.62. The van der Waals surface area contributed by atoms with E-state index in [1.54, 1.807) is 6.07 Å². The Labute approximate surface area is 146 Å². The normalized spacial score (nSPS) is 20.8. The third-order valence-electron chi connectivity index (χ3n) is 4.70. The topological polar surface area (TPSA) is 69.0 Å². The van der Waals surface area contributed by atoms with Gasteiger partial charge in [-0.3, -0.25) is 9.58 Å². The number of aromatic nitrogens is 2. The van der Waals surface area contributed by atoms with Crippen LogP contribution in [-0.4, -0.2) is 52.4 Å². The van der Waals surface area contributed by atoms with Gasteiger partial charge in [-0.25, -0.2) is 0 Å². The molecule has 1 N–H and O–H groups in total. The predicted molar refractivity (Wildman–Crippen MR) is 90.8 cm³/mol. The van der Waals surface area contributed by atoms with Gasteiger partial charge in [-0.05, 0) is 31.5 Å². The van der Waals surface area contributed by atoms with Crippen molar-refractivity contribution >= 4 is 0 Å². The minimum absolute atomic E-state index is 0.242. The maximum absolute atomic E-state index is 10.4. The summed E-state index contributed by atoms with van der Waals surface area (Å²) >= 11 is 0. The van der Waals surface area contributed by atoms with E-state index in [0.717, 1.165) is 25.1 Å². The van der Waals surface area contributed by atoms with E-state index < -0.39 is 6.10 Å². The number of nitrogens with zero attached hydrogens (tertiary/aromatic N) is 3. The van der Waals surface area contributed by atoms with Crippen LogP contribution in [-0.2, 0) is 7.05 Å². The molecule has 1 aromatic carbocycles. The lowest BCUT2D eigenvalue weighted by Gasteiger charge is -2.26. The van der Waals surface area contributed by atoms with Gasteiger partial charge in [0.05, 0.1) is 6.20 Å². The SMILES string of the molecule is Cn1cc([C@@H]2CCCN2C[C@H](O)COc2ccc3c(c2)OCO3)cn1. The minimum atomic E-state index is -0.553. The molecule has 0 radical (unpaired) electrons. The van der Waals surface area contributed by atoms with Gasteiger partial charge in [-0.2, -0.15) is 5.10 Å². The Morgan fingerprint density at radius 1 is 1.36 bits per heavy atom. The Morgan fingerprint density at radius 3 is 3.08 bits per heavy atom. The van der Waals surface area contributed by atoms with Crippen LogP contribution in [0.3, 0.4) is 0 Å². The van der Waals surface area contributed by atoms with E-state index in [1.807, 2.05) is 30.1 Å². The van der Waals surface area contributed by atoms with Crippen LogP contribution in [0.4, 0.5) is 0 Å². The second-order valence-electron chi connectivity index (χ2n) is 6.58. The quantitative estimate of drug-likeness (QED) is 0.860. The summed E-state index contributed by atoms with van der Waals surface area (Å²) in [6.45, 7) is 2.06. The van der Waals surface area contributed by atoms with Crippen molar-refractivity contribution < 1.29 is 19.3 Å². The van der Waals surface area contributed by atoms with E-state index in [4.69, 9.17) is 14.2 Å². The Bertz CT molecular complexity index is 733. The second kappa shape index (κ2) is 6.93. The maximum Gasteiger partial charge on any atom is 0.231 e. The Hall–Kier alpha value is -2.25. The molecule has 0 amide bonds. The fraction of sp³-hybridized carbons (Fsp3) is 0.500. The molecule has 0 spiro atoms. The van der Waals surface area contributed by atoms with Crippen molar-refractivity contribution in [2.75, 3.05) is 26.5 Å². The highest BCUT2D eigenvalue weighted by Crippen LogP contribution is 2.35. The van der Waals surface area contributed by atoms with Crippen LogP contribution in [0.25, 0.3) is 0 Å². The molecule has 1 aromatic heterocycles. The number of rotatable bonds is 6.